The number of carbonyl (C=O) groups is 1. The van der Waals surface area contributed by atoms with Gasteiger partial charge in [0.05, 0.1) is 23.8 Å². The third kappa shape index (κ3) is 3.97. The number of nitrogens with one attached hydrogen (secondary N) is 1. The third-order valence-electron chi connectivity index (χ3n) is 4.59. The first-order valence-corrected chi connectivity index (χ1v) is 10.0. The molecule has 28 heavy (non-hydrogen) atoms. The quantitative estimate of drug-likeness (QED) is 0.484. The molecule has 2 aromatic heterocycles. The molecule has 0 spiro atoms. The largest absolute Gasteiger partial charge is 0.467 e. The van der Waals surface area contributed by atoms with Gasteiger partial charge in [0.15, 0.2) is 5.16 Å². The zero-order chi connectivity index (χ0) is 19.5. The fourth-order valence-corrected chi connectivity index (χ4v) is 3.90. The highest BCUT2D eigenvalue weighted by Crippen LogP contribution is 2.26. The number of furan rings is 1. The van der Waals surface area contributed by atoms with E-state index < -0.39 is 0 Å². The molecule has 0 aliphatic rings. The number of benzene rings is 2. The van der Waals surface area contributed by atoms with Crippen LogP contribution in [0.4, 0.5) is 0 Å². The lowest BCUT2D eigenvalue weighted by atomic mass is 10.2. The number of aryl methyl sites for hydroxylation is 2. The fraction of sp³-hybridized carbons (Fsp3) is 0.182. The Labute approximate surface area is 167 Å². The van der Waals surface area contributed by atoms with Gasteiger partial charge in [0.2, 0.25) is 0 Å². The van der Waals surface area contributed by atoms with Crippen molar-refractivity contribution in [1.29, 1.82) is 0 Å². The Bertz CT molecular complexity index is 1100. The number of thioether (sulfide) groups is 1. The van der Waals surface area contributed by atoms with E-state index in [1.165, 1.54) is 11.1 Å². The monoisotopic (exact) mass is 391 g/mol. The smallest absolute Gasteiger partial charge is 0.251 e. The lowest BCUT2D eigenvalue weighted by Gasteiger charge is -2.05. The molecule has 1 N–H and O–H groups in total. The molecule has 6 heteroatoms. The van der Waals surface area contributed by atoms with Crippen LogP contribution in [0.15, 0.2) is 70.4 Å². The van der Waals surface area contributed by atoms with Crippen LogP contribution >= 0.6 is 11.8 Å². The van der Waals surface area contributed by atoms with Crippen LogP contribution in [-0.4, -0.2) is 15.5 Å². The van der Waals surface area contributed by atoms with E-state index >= 15 is 0 Å². The Balaban J connectivity index is 1.48. The topological polar surface area (TPSA) is 60.1 Å². The molecule has 0 saturated heterocycles. The Morgan fingerprint density at radius 2 is 2.00 bits per heavy atom. The second-order valence-electron chi connectivity index (χ2n) is 6.69. The van der Waals surface area contributed by atoms with Gasteiger partial charge in [-0.05, 0) is 42.8 Å². The lowest BCUT2D eigenvalue weighted by molar-refractivity contribution is 0.0948. The Kier molecular flexibility index (Phi) is 5.21. The first kappa shape index (κ1) is 18.4. The van der Waals surface area contributed by atoms with Gasteiger partial charge < -0.3 is 14.3 Å². The van der Waals surface area contributed by atoms with Gasteiger partial charge in [-0.2, -0.15) is 0 Å². The molecule has 5 nitrogen and oxygen atoms in total. The highest BCUT2D eigenvalue weighted by atomic mass is 32.2. The van der Waals surface area contributed by atoms with Crippen LogP contribution < -0.4 is 5.32 Å². The predicted molar refractivity (Wildman–Crippen MR) is 111 cm³/mol. The maximum absolute atomic E-state index is 12.5. The predicted octanol–water partition coefficient (Wildman–Crippen LogP) is 4.70. The van der Waals surface area contributed by atoms with E-state index in [4.69, 9.17) is 9.40 Å². The second kappa shape index (κ2) is 7.94. The summed E-state index contributed by atoms with van der Waals surface area (Å²) in [6, 6.07) is 17.8. The molecular weight excluding hydrogens is 370 g/mol. The fourth-order valence-electron chi connectivity index (χ4n) is 2.95. The Morgan fingerprint density at radius 3 is 2.75 bits per heavy atom. The zero-order valence-corrected chi connectivity index (χ0v) is 16.6. The number of rotatable bonds is 6. The first-order valence-electron chi connectivity index (χ1n) is 9.05. The number of hydrogen-bond donors (Lipinski definition) is 1. The maximum Gasteiger partial charge on any atom is 0.251 e. The van der Waals surface area contributed by atoms with Crippen LogP contribution in [0, 0.1) is 6.92 Å². The van der Waals surface area contributed by atoms with Crippen molar-refractivity contribution < 1.29 is 9.21 Å². The summed E-state index contributed by atoms with van der Waals surface area (Å²) in [5.41, 5.74) is 4.96. The van der Waals surface area contributed by atoms with Gasteiger partial charge in [-0.1, -0.05) is 41.6 Å². The van der Waals surface area contributed by atoms with Crippen molar-refractivity contribution in [2.24, 2.45) is 7.05 Å². The van der Waals surface area contributed by atoms with Crippen molar-refractivity contribution in [3.63, 3.8) is 0 Å². The van der Waals surface area contributed by atoms with Gasteiger partial charge in [0.1, 0.15) is 5.76 Å². The van der Waals surface area contributed by atoms with E-state index in [0.29, 0.717) is 12.1 Å². The second-order valence-corrected chi connectivity index (χ2v) is 7.64. The molecule has 0 radical (unpaired) electrons. The molecule has 0 aliphatic carbocycles. The van der Waals surface area contributed by atoms with Crippen LogP contribution in [0.1, 0.15) is 27.2 Å². The molecule has 0 unspecified atom stereocenters. The summed E-state index contributed by atoms with van der Waals surface area (Å²) in [6.45, 7) is 2.46. The maximum atomic E-state index is 12.5. The van der Waals surface area contributed by atoms with E-state index in [1.54, 1.807) is 30.2 Å². The molecule has 0 atom stereocenters. The molecule has 4 aromatic rings. The van der Waals surface area contributed by atoms with Crippen molar-refractivity contribution in [3.8, 4) is 0 Å². The number of fused-ring (bicyclic) bond motifs is 1. The summed E-state index contributed by atoms with van der Waals surface area (Å²) in [5, 5.41) is 3.81. The zero-order valence-electron chi connectivity index (χ0n) is 15.8. The molecule has 1 amide bonds. The van der Waals surface area contributed by atoms with Crippen LogP contribution in [-0.2, 0) is 19.3 Å². The van der Waals surface area contributed by atoms with Gasteiger partial charge in [0, 0.05) is 18.4 Å². The highest BCUT2D eigenvalue weighted by Gasteiger charge is 2.12. The average molecular weight is 391 g/mol. The molecule has 2 aromatic carbocycles. The van der Waals surface area contributed by atoms with E-state index in [-0.39, 0.29) is 5.91 Å². The van der Waals surface area contributed by atoms with E-state index in [0.717, 1.165) is 27.7 Å². The third-order valence-corrected chi connectivity index (χ3v) is 5.69. The summed E-state index contributed by atoms with van der Waals surface area (Å²) in [5.74, 6) is 1.45. The Morgan fingerprint density at radius 1 is 1.18 bits per heavy atom. The summed E-state index contributed by atoms with van der Waals surface area (Å²) in [4.78, 5) is 17.2. The van der Waals surface area contributed by atoms with Crippen LogP contribution in [0.5, 0.6) is 0 Å². The number of hydrogen-bond acceptors (Lipinski definition) is 4. The molecule has 142 valence electrons. The molecule has 0 fully saturated rings. The summed E-state index contributed by atoms with van der Waals surface area (Å²) >= 11 is 1.69. The molecule has 0 aliphatic heterocycles. The number of carbonyl (C=O) groups excluding carboxylic acids is 1. The molecule has 0 saturated carbocycles. The van der Waals surface area contributed by atoms with Crippen molar-refractivity contribution in [2.45, 2.75) is 24.4 Å². The van der Waals surface area contributed by atoms with Gasteiger partial charge in [-0.15, -0.1) is 0 Å². The SMILES string of the molecule is Cc1ccc(CSc2nc3ccc(C(=O)NCc4ccco4)cc3n2C)cc1. The number of amides is 1. The van der Waals surface area contributed by atoms with Gasteiger partial charge >= 0.3 is 0 Å². The standard InChI is InChI=1S/C22H21N3O2S/c1-15-5-7-16(8-6-15)14-28-22-24-19-10-9-17(12-20(19)25(22)2)21(26)23-13-18-4-3-11-27-18/h3-12H,13-14H2,1-2H3,(H,23,26). The molecule has 2 heterocycles. The summed E-state index contributed by atoms with van der Waals surface area (Å²) in [6.07, 6.45) is 1.60. The van der Waals surface area contributed by atoms with Crippen molar-refractivity contribution >= 4 is 28.7 Å². The van der Waals surface area contributed by atoms with Crippen molar-refractivity contribution in [1.82, 2.24) is 14.9 Å². The minimum absolute atomic E-state index is 0.131. The van der Waals surface area contributed by atoms with Gasteiger partial charge in [0.25, 0.3) is 5.91 Å². The summed E-state index contributed by atoms with van der Waals surface area (Å²) < 4.78 is 7.29. The number of nitrogens with zero attached hydrogens (tertiary/aromatic N) is 2. The molecule has 0 bridgehead atoms. The van der Waals surface area contributed by atoms with E-state index in [2.05, 4.69) is 36.5 Å². The van der Waals surface area contributed by atoms with Crippen LogP contribution in [0.2, 0.25) is 0 Å². The minimum atomic E-state index is -0.131. The average Bonchev–Trinajstić information content (AvgIpc) is 3.34. The first-order chi connectivity index (χ1) is 13.6. The number of imidazole rings is 1. The van der Waals surface area contributed by atoms with Crippen LogP contribution in [0.25, 0.3) is 11.0 Å². The molecular formula is C22H21N3O2S. The summed E-state index contributed by atoms with van der Waals surface area (Å²) in [7, 11) is 1.98. The van der Waals surface area contributed by atoms with Crippen molar-refractivity contribution in [2.75, 3.05) is 0 Å². The van der Waals surface area contributed by atoms with Crippen molar-refractivity contribution in [3.05, 3.63) is 83.3 Å². The molecule has 4 rings (SSSR count). The van der Waals surface area contributed by atoms with Gasteiger partial charge in [-0.25, -0.2) is 4.98 Å². The van der Waals surface area contributed by atoms with E-state index in [1.807, 2.05) is 29.8 Å². The van der Waals surface area contributed by atoms with Gasteiger partial charge in [-0.3, -0.25) is 4.79 Å². The van der Waals surface area contributed by atoms with E-state index in [9.17, 15) is 4.79 Å². The minimum Gasteiger partial charge on any atom is -0.467 e. The highest BCUT2D eigenvalue weighted by molar-refractivity contribution is 7.98. The van der Waals surface area contributed by atoms with Crippen LogP contribution in [0.3, 0.4) is 0 Å². The Hall–Kier alpha value is -2.99. The lowest BCUT2D eigenvalue weighted by Crippen LogP contribution is -2.22. The number of aromatic nitrogens is 2. The normalized spacial score (nSPS) is 11.1.